The van der Waals surface area contributed by atoms with Gasteiger partial charge in [-0.2, -0.15) is 0 Å². The molecular formula is C12H24N2. The Morgan fingerprint density at radius 2 is 1.36 bits per heavy atom. The van der Waals surface area contributed by atoms with Gasteiger partial charge in [-0.15, -0.1) is 0 Å². The van der Waals surface area contributed by atoms with E-state index in [1.54, 1.807) is 0 Å². The van der Waals surface area contributed by atoms with E-state index in [4.69, 9.17) is 5.73 Å². The summed E-state index contributed by atoms with van der Waals surface area (Å²) in [5, 5.41) is 3.77. The average molecular weight is 196 g/mol. The zero-order valence-corrected chi connectivity index (χ0v) is 9.50. The van der Waals surface area contributed by atoms with Gasteiger partial charge in [-0.05, 0) is 43.9 Å². The van der Waals surface area contributed by atoms with Crippen molar-refractivity contribution in [2.45, 2.75) is 64.1 Å². The average Bonchev–Trinajstić information content (AvgIpc) is 1.99. The van der Waals surface area contributed by atoms with E-state index in [1.807, 2.05) is 0 Å². The molecule has 2 aliphatic carbocycles. The minimum Gasteiger partial charge on any atom is -0.328 e. The lowest BCUT2D eigenvalue weighted by Crippen LogP contribution is -2.52. The van der Waals surface area contributed by atoms with Crippen molar-refractivity contribution in [2.75, 3.05) is 0 Å². The van der Waals surface area contributed by atoms with Crippen molar-refractivity contribution in [3.63, 3.8) is 0 Å². The monoisotopic (exact) mass is 196 g/mol. The van der Waals surface area contributed by atoms with Crippen molar-refractivity contribution < 1.29 is 0 Å². The van der Waals surface area contributed by atoms with Crippen LogP contribution in [0.4, 0.5) is 0 Å². The zero-order valence-electron chi connectivity index (χ0n) is 9.50. The molecule has 2 heteroatoms. The van der Waals surface area contributed by atoms with Crippen LogP contribution in [-0.4, -0.2) is 18.1 Å². The Hall–Kier alpha value is -0.0800. The molecule has 2 unspecified atom stereocenters. The maximum Gasteiger partial charge on any atom is 0.00991 e. The summed E-state index contributed by atoms with van der Waals surface area (Å²) in [7, 11) is 0. The fraction of sp³-hybridized carbons (Fsp3) is 1.00. The standard InChI is InChI=1S/C12H24N2/c1-8-3-9(2)5-11(4-8)14-12-6-10(13)7-12/h8-12,14H,3-7,13H2,1-2H3. The molecule has 0 aromatic heterocycles. The van der Waals surface area contributed by atoms with Gasteiger partial charge < -0.3 is 11.1 Å². The van der Waals surface area contributed by atoms with E-state index in [-0.39, 0.29) is 0 Å². The third-order valence-corrected chi connectivity index (χ3v) is 3.82. The molecule has 0 bridgehead atoms. The minimum atomic E-state index is 0.478. The molecule has 2 rings (SSSR count). The Kier molecular flexibility index (Phi) is 3.13. The Labute approximate surface area is 87.6 Å². The highest BCUT2D eigenvalue weighted by atomic mass is 15.0. The van der Waals surface area contributed by atoms with Gasteiger partial charge in [-0.3, -0.25) is 0 Å². The predicted molar refractivity (Wildman–Crippen MR) is 60.1 cm³/mol. The van der Waals surface area contributed by atoms with Crippen molar-refractivity contribution in [3.05, 3.63) is 0 Å². The van der Waals surface area contributed by atoms with Gasteiger partial charge in [-0.1, -0.05) is 13.8 Å². The highest BCUT2D eigenvalue weighted by Gasteiger charge is 2.30. The van der Waals surface area contributed by atoms with Crippen LogP contribution in [0.1, 0.15) is 46.0 Å². The molecule has 14 heavy (non-hydrogen) atoms. The van der Waals surface area contributed by atoms with Gasteiger partial charge in [0.2, 0.25) is 0 Å². The highest BCUT2D eigenvalue weighted by molar-refractivity contribution is 4.91. The second-order valence-electron chi connectivity index (χ2n) is 5.71. The third-order valence-electron chi connectivity index (χ3n) is 3.82. The largest absolute Gasteiger partial charge is 0.328 e. The van der Waals surface area contributed by atoms with Gasteiger partial charge in [-0.25, -0.2) is 0 Å². The van der Waals surface area contributed by atoms with E-state index >= 15 is 0 Å². The molecule has 0 saturated heterocycles. The highest BCUT2D eigenvalue weighted by Crippen LogP contribution is 2.30. The molecule has 2 atom stereocenters. The number of nitrogens with one attached hydrogen (secondary N) is 1. The Bertz CT molecular complexity index is 177. The molecule has 0 aliphatic heterocycles. The topological polar surface area (TPSA) is 38.0 Å². The fourth-order valence-electron chi connectivity index (χ4n) is 3.21. The normalized spacial score (nSPS) is 48.6. The summed E-state index contributed by atoms with van der Waals surface area (Å²) in [6, 6.07) is 1.98. The van der Waals surface area contributed by atoms with Crippen molar-refractivity contribution in [1.29, 1.82) is 0 Å². The summed E-state index contributed by atoms with van der Waals surface area (Å²) in [4.78, 5) is 0. The van der Waals surface area contributed by atoms with Gasteiger partial charge in [0.15, 0.2) is 0 Å². The maximum atomic E-state index is 5.79. The first-order chi connectivity index (χ1) is 6.63. The lowest BCUT2D eigenvalue weighted by molar-refractivity contribution is 0.189. The number of nitrogens with two attached hydrogens (primary N) is 1. The van der Waals surface area contributed by atoms with Crippen LogP contribution in [0.2, 0.25) is 0 Å². The first-order valence-electron chi connectivity index (χ1n) is 6.15. The SMILES string of the molecule is CC1CC(C)CC(NC2CC(N)C2)C1. The molecular weight excluding hydrogens is 172 g/mol. The van der Waals surface area contributed by atoms with Gasteiger partial charge >= 0.3 is 0 Å². The Morgan fingerprint density at radius 3 is 1.86 bits per heavy atom. The summed E-state index contributed by atoms with van der Waals surface area (Å²) in [6.45, 7) is 4.77. The van der Waals surface area contributed by atoms with Gasteiger partial charge in [0.1, 0.15) is 0 Å². The molecule has 82 valence electrons. The first kappa shape index (κ1) is 10.4. The van der Waals surface area contributed by atoms with E-state index in [1.165, 1.54) is 32.1 Å². The van der Waals surface area contributed by atoms with Gasteiger partial charge in [0.05, 0.1) is 0 Å². The van der Waals surface area contributed by atoms with E-state index in [9.17, 15) is 0 Å². The summed E-state index contributed by atoms with van der Waals surface area (Å²) in [5.74, 6) is 1.81. The molecule has 2 aliphatic rings. The summed E-state index contributed by atoms with van der Waals surface area (Å²) >= 11 is 0. The predicted octanol–water partition coefficient (Wildman–Crippen LogP) is 1.89. The van der Waals surface area contributed by atoms with E-state index in [0.717, 1.165) is 23.9 Å². The maximum absolute atomic E-state index is 5.79. The molecule has 0 aromatic rings. The van der Waals surface area contributed by atoms with E-state index < -0.39 is 0 Å². The number of hydrogen-bond acceptors (Lipinski definition) is 2. The summed E-state index contributed by atoms with van der Waals surface area (Å²) in [6.07, 6.45) is 6.55. The van der Waals surface area contributed by atoms with Crippen LogP contribution < -0.4 is 11.1 Å². The fourth-order valence-corrected chi connectivity index (χ4v) is 3.21. The molecule has 2 nitrogen and oxygen atoms in total. The van der Waals surface area contributed by atoms with Crippen LogP contribution >= 0.6 is 0 Å². The molecule has 3 N–H and O–H groups in total. The van der Waals surface area contributed by atoms with Crippen molar-refractivity contribution in [3.8, 4) is 0 Å². The Morgan fingerprint density at radius 1 is 0.857 bits per heavy atom. The van der Waals surface area contributed by atoms with Crippen molar-refractivity contribution in [2.24, 2.45) is 17.6 Å². The van der Waals surface area contributed by atoms with Crippen LogP contribution in [0.5, 0.6) is 0 Å². The lowest BCUT2D eigenvalue weighted by atomic mass is 9.79. The minimum absolute atomic E-state index is 0.478. The molecule has 0 heterocycles. The quantitative estimate of drug-likeness (QED) is 0.708. The van der Waals surface area contributed by atoms with Crippen LogP contribution in [0.3, 0.4) is 0 Å². The second-order valence-corrected chi connectivity index (χ2v) is 5.71. The van der Waals surface area contributed by atoms with Gasteiger partial charge in [0.25, 0.3) is 0 Å². The van der Waals surface area contributed by atoms with Crippen LogP contribution in [0.15, 0.2) is 0 Å². The molecule has 0 radical (unpaired) electrons. The van der Waals surface area contributed by atoms with Gasteiger partial charge in [0, 0.05) is 18.1 Å². The van der Waals surface area contributed by atoms with Crippen LogP contribution in [0.25, 0.3) is 0 Å². The van der Waals surface area contributed by atoms with Crippen molar-refractivity contribution >= 4 is 0 Å². The number of hydrogen-bond donors (Lipinski definition) is 2. The zero-order chi connectivity index (χ0) is 10.1. The molecule has 2 fully saturated rings. The van der Waals surface area contributed by atoms with E-state index in [2.05, 4.69) is 19.2 Å². The molecule has 0 amide bonds. The number of rotatable bonds is 2. The lowest BCUT2D eigenvalue weighted by Gasteiger charge is -2.40. The Balaban J connectivity index is 1.74. The summed E-state index contributed by atoms with van der Waals surface area (Å²) in [5.41, 5.74) is 5.79. The molecule has 2 saturated carbocycles. The van der Waals surface area contributed by atoms with Crippen LogP contribution in [0, 0.1) is 11.8 Å². The molecule has 0 aromatic carbocycles. The van der Waals surface area contributed by atoms with Crippen LogP contribution in [-0.2, 0) is 0 Å². The second kappa shape index (κ2) is 4.19. The van der Waals surface area contributed by atoms with Crippen molar-refractivity contribution in [1.82, 2.24) is 5.32 Å². The molecule has 0 spiro atoms. The first-order valence-corrected chi connectivity index (χ1v) is 6.15. The van der Waals surface area contributed by atoms with E-state index in [0.29, 0.717) is 6.04 Å². The summed E-state index contributed by atoms with van der Waals surface area (Å²) < 4.78 is 0. The third kappa shape index (κ3) is 2.48. The smallest absolute Gasteiger partial charge is 0.00991 e.